The van der Waals surface area contributed by atoms with Crippen molar-refractivity contribution in [2.24, 2.45) is 0 Å². The van der Waals surface area contributed by atoms with Crippen molar-refractivity contribution in [2.75, 3.05) is 24.4 Å². The molecule has 1 aromatic rings. The fourth-order valence-corrected chi connectivity index (χ4v) is 1.84. The van der Waals surface area contributed by atoms with E-state index in [1.165, 1.54) is 0 Å². The minimum Gasteiger partial charge on any atom is -0.372 e. The van der Waals surface area contributed by atoms with Crippen LogP contribution in [0.15, 0.2) is 18.2 Å². The van der Waals surface area contributed by atoms with Gasteiger partial charge in [0.25, 0.3) is 0 Å². The number of rotatable bonds is 3. The average molecular weight is 239 g/mol. The van der Waals surface area contributed by atoms with Crippen LogP contribution >= 0.6 is 34.8 Å². The van der Waals surface area contributed by atoms with E-state index in [-0.39, 0.29) is 0 Å². The molecule has 1 rings (SSSR count). The summed E-state index contributed by atoms with van der Waals surface area (Å²) in [4.78, 5) is 1.99. The highest BCUT2D eigenvalue weighted by Gasteiger charge is 2.05. The Labute approximate surface area is 93.2 Å². The number of anilines is 1. The topological polar surface area (TPSA) is 3.24 Å². The van der Waals surface area contributed by atoms with Crippen LogP contribution in [-0.4, -0.2) is 19.5 Å². The molecule has 0 amide bonds. The van der Waals surface area contributed by atoms with Crippen molar-refractivity contribution in [3.8, 4) is 0 Å². The second-order valence-corrected chi connectivity index (χ2v) is 3.93. The summed E-state index contributed by atoms with van der Waals surface area (Å²) in [5.41, 5.74) is 0.951. The van der Waals surface area contributed by atoms with Crippen LogP contribution in [-0.2, 0) is 0 Å². The summed E-state index contributed by atoms with van der Waals surface area (Å²) < 4.78 is 0. The maximum atomic E-state index is 5.99. The molecular formula is C9H10Cl3N. The van der Waals surface area contributed by atoms with Crippen molar-refractivity contribution < 1.29 is 0 Å². The van der Waals surface area contributed by atoms with Crippen molar-refractivity contribution in [3.05, 3.63) is 28.2 Å². The van der Waals surface area contributed by atoms with Gasteiger partial charge in [0, 0.05) is 24.5 Å². The van der Waals surface area contributed by atoms with E-state index in [4.69, 9.17) is 34.8 Å². The van der Waals surface area contributed by atoms with Crippen molar-refractivity contribution in [2.45, 2.75) is 0 Å². The summed E-state index contributed by atoms with van der Waals surface area (Å²) in [5, 5.41) is 1.30. The Hall–Kier alpha value is -0.110. The van der Waals surface area contributed by atoms with Gasteiger partial charge in [-0.3, -0.25) is 0 Å². The lowest BCUT2D eigenvalue weighted by molar-refractivity contribution is 0.974. The van der Waals surface area contributed by atoms with Crippen LogP contribution < -0.4 is 4.90 Å². The molecule has 0 saturated heterocycles. The maximum Gasteiger partial charge on any atom is 0.0654 e. The molecule has 0 aromatic heterocycles. The van der Waals surface area contributed by atoms with Gasteiger partial charge < -0.3 is 4.90 Å². The first-order chi connectivity index (χ1) is 6.15. The SMILES string of the molecule is CN(CCCl)c1ccc(Cl)cc1Cl. The molecule has 0 bridgehead atoms. The van der Waals surface area contributed by atoms with Crippen LogP contribution in [0.4, 0.5) is 5.69 Å². The van der Waals surface area contributed by atoms with Gasteiger partial charge in [0.2, 0.25) is 0 Å². The first kappa shape index (κ1) is 11.0. The number of alkyl halides is 1. The van der Waals surface area contributed by atoms with Crippen LogP contribution in [0.5, 0.6) is 0 Å². The van der Waals surface area contributed by atoms with Gasteiger partial charge in [-0.15, -0.1) is 11.6 Å². The zero-order valence-electron chi connectivity index (χ0n) is 7.23. The van der Waals surface area contributed by atoms with E-state index in [0.29, 0.717) is 15.9 Å². The first-order valence-electron chi connectivity index (χ1n) is 3.87. The smallest absolute Gasteiger partial charge is 0.0654 e. The van der Waals surface area contributed by atoms with Crippen LogP contribution in [0.2, 0.25) is 10.0 Å². The van der Waals surface area contributed by atoms with Gasteiger partial charge in [-0.05, 0) is 18.2 Å². The number of nitrogens with zero attached hydrogens (tertiary/aromatic N) is 1. The highest BCUT2D eigenvalue weighted by molar-refractivity contribution is 6.36. The Morgan fingerprint density at radius 2 is 2.00 bits per heavy atom. The lowest BCUT2D eigenvalue weighted by Gasteiger charge is -2.19. The fourth-order valence-electron chi connectivity index (χ4n) is 1.04. The first-order valence-corrected chi connectivity index (χ1v) is 5.16. The standard InChI is InChI=1S/C9H10Cl3N/c1-13(5-4-10)9-3-2-7(11)6-8(9)12/h2-3,6H,4-5H2,1H3. The van der Waals surface area contributed by atoms with Crippen LogP contribution in [0.1, 0.15) is 0 Å². The Kier molecular flexibility index (Phi) is 4.17. The van der Waals surface area contributed by atoms with E-state index in [1.807, 2.05) is 24.1 Å². The molecule has 0 N–H and O–H groups in total. The minimum atomic E-state index is 0.579. The lowest BCUT2D eigenvalue weighted by atomic mass is 10.3. The van der Waals surface area contributed by atoms with E-state index in [0.717, 1.165) is 12.2 Å². The van der Waals surface area contributed by atoms with Crippen molar-refractivity contribution >= 4 is 40.5 Å². The molecule has 13 heavy (non-hydrogen) atoms. The second-order valence-electron chi connectivity index (χ2n) is 2.71. The Bertz CT molecular complexity index is 288. The Morgan fingerprint density at radius 1 is 1.31 bits per heavy atom. The van der Waals surface area contributed by atoms with E-state index in [9.17, 15) is 0 Å². The second kappa shape index (κ2) is 4.94. The summed E-state index contributed by atoms with van der Waals surface area (Å²) in [6.45, 7) is 0.767. The number of hydrogen-bond acceptors (Lipinski definition) is 1. The monoisotopic (exact) mass is 237 g/mol. The Morgan fingerprint density at radius 3 is 2.54 bits per heavy atom. The van der Waals surface area contributed by atoms with Crippen LogP contribution in [0, 0.1) is 0 Å². The zero-order valence-corrected chi connectivity index (χ0v) is 9.50. The molecule has 0 fully saturated rings. The quantitative estimate of drug-likeness (QED) is 0.726. The summed E-state index contributed by atoms with van der Waals surface area (Å²) >= 11 is 17.4. The van der Waals surface area contributed by atoms with Gasteiger partial charge in [0.15, 0.2) is 0 Å². The molecule has 0 radical (unpaired) electrons. The van der Waals surface area contributed by atoms with Gasteiger partial charge in [0.05, 0.1) is 10.7 Å². The number of halogens is 3. The third-order valence-corrected chi connectivity index (χ3v) is 2.45. The normalized spacial score (nSPS) is 10.2. The lowest BCUT2D eigenvalue weighted by Crippen LogP contribution is -2.19. The van der Waals surface area contributed by atoms with Gasteiger partial charge in [-0.1, -0.05) is 23.2 Å². The molecule has 4 heteroatoms. The predicted octanol–water partition coefficient (Wildman–Crippen LogP) is 3.67. The number of benzene rings is 1. The molecule has 1 nitrogen and oxygen atoms in total. The largest absolute Gasteiger partial charge is 0.372 e. The molecular weight excluding hydrogens is 228 g/mol. The highest BCUT2D eigenvalue weighted by atomic mass is 35.5. The summed E-state index contributed by atoms with van der Waals surface area (Å²) in [6, 6.07) is 5.42. The molecule has 0 aliphatic heterocycles. The zero-order chi connectivity index (χ0) is 9.84. The van der Waals surface area contributed by atoms with Crippen molar-refractivity contribution in [1.82, 2.24) is 0 Å². The van der Waals surface area contributed by atoms with Gasteiger partial charge in [-0.2, -0.15) is 0 Å². The van der Waals surface area contributed by atoms with E-state index >= 15 is 0 Å². The van der Waals surface area contributed by atoms with Gasteiger partial charge >= 0.3 is 0 Å². The molecule has 0 spiro atoms. The van der Waals surface area contributed by atoms with E-state index in [1.54, 1.807) is 6.07 Å². The minimum absolute atomic E-state index is 0.579. The number of hydrogen-bond donors (Lipinski definition) is 0. The third kappa shape index (κ3) is 2.94. The van der Waals surface area contributed by atoms with Gasteiger partial charge in [-0.25, -0.2) is 0 Å². The molecule has 72 valence electrons. The molecule has 0 aliphatic rings. The maximum absolute atomic E-state index is 5.99. The summed E-state index contributed by atoms with van der Waals surface area (Å²) in [5.74, 6) is 0.579. The Balaban J connectivity index is 2.88. The van der Waals surface area contributed by atoms with Crippen LogP contribution in [0.3, 0.4) is 0 Å². The van der Waals surface area contributed by atoms with Crippen LogP contribution in [0.25, 0.3) is 0 Å². The molecule has 0 heterocycles. The summed E-state index contributed by atoms with van der Waals surface area (Å²) in [7, 11) is 1.94. The average Bonchev–Trinajstić information content (AvgIpc) is 2.04. The molecule has 0 aliphatic carbocycles. The molecule has 0 saturated carbocycles. The predicted molar refractivity (Wildman–Crippen MR) is 60.5 cm³/mol. The molecule has 0 atom stereocenters. The summed E-state index contributed by atoms with van der Waals surface area (Å²) in [6.07, 6.45) is 0. The highest BCUT2D eigenvalue weighted by Crippen LogP contribution is 2.27. The third-order valence-electron chi connectivity index (χ3n) is 1.74. The van der Waals surface area contributed by atoms with E-state index < -0.39 is 0 Å². The van der Waals surface area contributed by atoms with Crippen molar-refractivity contribution in [1.29, 1.82) is 0 Å². The fraction of sp³-hybridized carbons (Fsp3) is 0.333. The molecule has 0 unspecified atom stereocenters. The van der Waals surface area contributed by atoms with Gasteiger partial charge in [0.1, 0.15) is 0 Å². The van der Waals surface area contributed by atoms with Crippen molar-refractivity contribution in [3.63, 3.8) is 0 Å². The van der Waals surface area contributed by atoms with E-state index in [2.05, 4.69) is 0 Å². The molecule has 1 aromatic carbocycles.